The number of hydrogen-bond donors (Lipinski definition) is 0. The molecule has 2 unspecified atom stereocenters. The van der Waals surface area contributed by atoms with Crippen molar-refractivity contribution < 1.29 is 13.5 Å². The second kappa shape index (κ2) is 6.00. The monoisotopic (exact) mass is 264 g/mol. The van der Waals surface area contributed by atoms with Crippen molar-refractivity contribution in [3.05, 3.63) is 54.1 Å². The number of halogens is 2. The number of ether oxygens (including phenoxy) is 1. The Kier molecular flexibility index (Phi) is 4.35. The van der Waals surface area contributed by atoms with Crippen LogP contribution in [-0.2, 0) is 0 Å². The van der Waals surface area contributed by atoms with Crippen molar-refractivity contribution in [2.75, 3.05) is 6.61 Å². The normalized spacial score (nSPS) is 22.3. The Morgan fingerprint density at radius 2 is 2.05 bits per heavy atom. The maximum Gasteiger partial charge on any atom is 0.200 e. The summed E-state index contributed by atoms with van der Waals surface area (Å²) in [6.07, 6.45) is 7.54. The zero-order valence-electron chi connectivity index (χ0n) is 11.0. The van der Waals surface area contributed by atoms with Crippen LogP contribution >= 0.6 is 0 Å². The Hall–Kier alpha value is -1.64. The quantitative estimate of drug-likeness (QED) is 0.722. The smallest absolute Gasteiger partial charge is 0.200 e. The van der Waals surface area contributed by atoms with Gasteiger partial charge in [0.2, 0.25) is 5.82 Å². The predicted octanol–water partition coefficient (Wildman–Crippen LogP) is 4.60. The molecular weight excluding hydrogens is 246 g/mol. The summed E-state index contributed by atoms with van der Waals surface area (Å²) in [5.41, 5.74) is 0.403. The molecule has 1 aromatic rings. The number of hydrogen-bond acceptors (Lipinski definition) is 1. The predicted molar refractivity (Wildman–Crippen MR) is 72.3 cm³/mol. The van der Waals surface area contributed by atoms with Gasteiger partial charge in [-0.3, -0.25) is 0 Å². The summed E-state index contributed by atoms with van der Waals surface area (Å²) < 4.78 is 32.9. The van der Waals surface area contributed by atoms with Crippen molar-refractivity contribution in [1.82, 2.24) is 0 Å². The first kappa shape index (κ1) is 13.8. The van der Waals surface area contributed by atoms with E-state index in [2.05, 4.69) is 6.58 Å². The molecule has 0 heterocycles. The maximum absolute atomic E-state index is 14.0. The van der Waals surface area contributed by atoms with Crippen LogP contribution in [0.4, 0.5) is 8.78 Å². The summed E-state index contributed by atoms with van der Waals surface area (Å²) >= 11 is 0. The molecule has 0 saturated heterocycles. The van der Waals surface area contributed by atoms with E-state index < -0.39 is 11.6 Å². The van der Waals surface area contributed by atoms with Crippen molar-refractivity contribution in [2.24, 2.45) is 5.92 Å². The molecule has 0 N–H and O–H groups in total. The van der Waals surface area contributed by atoms with Gasteiger partial charge in [0, 0.05) is 5.92 Å². The van der Waals surface area contributed by atoms with Crippen LogP contribution in [0.3, 0.4) is 0 Å². The van der Waals surface area contributed by atoms with Gasteiger partial charge in [-0.15, -0.1) is 6.58 Å². The zero-order chi connectivity index (χ0) is 13.8. The average Bonchev–Trinajstić information content (AvgIpc) is 2.45. The largest absolute Gasteiger partial charge is 0.491 e. The fourth-order valence-electron chi connectivity index (χ4n) is 2.40. The molecule has 102 valence electrons. The Labute approximate surface area is 112 Å². The topological polar surface area (TPSA) is 9.23 Å². The fourth-order valence-corrected chi connectivity index (χ4v) is 2.40. The lowest BCUT2D eigenvalue weighted by molar-refractivity contribution is 0.313. The van der Waals surface area contributed by atoms with E-state index in [1.54, 1.807) is 13.0 Å². The molecular formula is C16H18F2O. The molecule has 0 radical (unpaired) electrons. The van der Waals surface area contributed by atoms with Gasteiger partial charge in [0.05, 0.1) is 6.61 Å². The van der Waals surface area contributed by atoms with Gasteiger partial charge >= 0.3 is 0 Å². The zero-order valence-corrected chi connectivity index (χ0v) is 11.0. The van der Waals surface area contributed by atoms with Crippen molar-refractivity contribution >= 4 is 0 Å². The Morgan fingerprint density at radius 1 is 1.26 bits per heavy atom. The summed E-state index contributed by atoms with van der Waals surface area (Å²) in [5, 5.41) is 0. The molecule has 1 aliphatic rings. The molecule has 19 heavy (non-hydrogen) atoms. The van der Waals surface area contributed by atoms with Crippen LogP contribution in [0.1, 0.15) is 31.2 Å². The molecule has 0 fully saturated rings. The third-order valence-electron chi connectivity index (χ3n) is 3.48. The summed E-state index contributed by atoms with van der Waals surface area (Å²) in [6, 6.07) is 3.12. The van der Waals surface area contributed by atoms with Crippen LogP contribution in [0.25, 0.3) is 0 Å². The standard InChI is InChI=1S/C16H18F2O/c1-3-11-5-7-12(8-6-11)13-9-10-14(19-4-2)16(18)15(13)17/h3,5,7,9-12H,1,4,6,8H2,2H3. The number of allylic oxidation sites excluding steroid dienone is 3. The summed E-state index contributed by atoms with van der Waals surface area (Å²) in [4.78, 5) is 0. The Morgan fingerprint density at radius 3 is 2.63 bits per heavy atom. The van der Waals surface area contributed by atoms with Gasteiger partial charge in [-0.05, 0) is 37.3 Å². The molecule has 0 spiro atoms. The van der Waals surface area contributed by atoms with Crippen LogP contribution in [0.2, 0.25) is 0 Å². The molecule has 2 atom stereocenters. The van der Waals surface area contributed by atoms with Crippen LogP contribution < -0.4 is 4.74 Å². The molecule has 0 bridgehead atoms. The van der Waals surface area contributed by atoms with Crippen molar-refractivity contribution in [3.63, 3.8) is 0 Å². The van der Waals surface area contributed by atoms with E-state index in [4.69, 9.17) is 4.74 Å². The van der Waals surface area contributed by atoms with Crippen LogP contribution in [0, 0.1) is 17.6 Å². The number of rotatable bonds is 4. The van der Waals surface area contributed by atoms with Crippen molar-refractivity contribution in [2.45, 2.75) is 25.7 Å². The SMILES string of the molecule is C=CC1C=CC(c2ccc(OCC)c(F)c2F)CC1. The minimum absolute atomic E-state index is 0.0208. The molecule has 0 aromatic heterocycles. The second-order valence-electron chi connectivity index (χ2n) is 4.68. The molecule has 1 aliphatic carbocycles. The minimum atomic E-state index is -0.890. The van der Waals surface area contributed by atoms with Gasteiger partial charge in [-0.2, -0.15) is 4.39 Å². The van der Waals surface area contributed by atoms with Gasteiger partial charge in [0.25, 0.3) is 0 Å². The Balaban J connectivity index is 2.27. The third-order valence-corrected chi connectivity index (χ3v) is 3.48. The van der Waals surface area contributed by atoms with E-state index in [0.29, 0.717) is 18.1 Å². The molecule has 1 aromatic carbocycles. The van der Waals surface area contributed by atoms with Gasteiger partial charge in [0.15, 0.2) is 11.6 Å². The van der Waals surface area contributed by atoms with Gasteiger partial charge < -0.3 is 4.74 Å². The summed E-state index contributed by atoms with van der Waals surface area (Å²) in [7, 11) is 0. The highest BCUT2D eigenvalue weighted by atomic mass is 19.2. The first-order chi connectivity index (χ1) is 9.17. The first-order valence-corrected chi connectivity index (χ1v) is 6.59. The van der Waals surface area contributed by atoms with Gasteiger partial charge in [-0.25, -0.2) is 4.39 Å². The lowest BCUT2D eigenvalue weighted by atomic mass is 9.84. The molecule has 0 aliphatic heterocycles. The van der Waals surface area contributed by atoms with Crippen molar-refractivity contribution in [1.29, 1.82) is 0 Å². The van der Waals surface area contributed by atoms with E-state index in [0.717, 1.165) is 12.8 Å². The lowest BCUT2D eigenvalue weighted by Crippen LogP contribution is -2.09. The molecule has 3 heteroatoms. The van der Waals surface area contributed by atoms with E-state index in [9.17, 15) is 8.78 Å². The van der Waals surface area contributed by atoms with Crippen molar-refractivity contribution in [3.8, 4) is 5.75 Å². The van der Waals surface area contributed by atoms with Crippen LogP contribution in [0.5, 0.6) is 5.75 Å². The highest BCUT2D eigenvalue weighted by Gasteiger charge is 2.22. The molecule has 2 rings (SSSR count). The van der Waals surface area contributed by atoms with Crippen LogP contribution in [0.15, 0.2) is 36.9 Å². The molecule has 1 nitrogen and oxygen atoms in total. The highest BCUT2D eigenvalue weighted by Crippen LogP contribution is 2.34. The van der Waals surface area contributed by atoms with E-state index in [-0.39, 0.29) is 11.7 Å². The van der Waals surface area contributed by atoms with E-state index >= 15 is 0 Å². The minimum Gasteiger partial charge on any atom is -0.491 e. The number of benzene rings is 1. The van der Waals surface area contributed by atoms with E-state index in [1.807, 2.05) is 18.2 Å². The Bertz CT molecular complexity index is 494. The molecule has 0 saturated carbocycles. The van der Waals surface area contributed by atoms with E-state index in [1.165, 1.54) is 6.07 Å². The highest BCUT2D eigenvalue weighted by molar-refractivity contribution is 5.35. The summed E-state index contributed by atoms with van der Waals surface area (Å²) in [6.45, 7) is 5.80. The lowest BCUT2D eigenvalue weighted by Gasteiger charge is -2.22. The molecule has 0 amide bonds. The third kappa shape index (κ3) is 2.86. The van der Waals surface area contributed by atoms with Crippen LogP contribution in [-0.4, -0.2) is 6.61 Å². The van der Waals surface area contributed by atoms with Gasteiger partial charge in [0.1, 0.15) is 0 Å². The van der Waals surface area contributed by atoms with Gasteiger partial charge in [-0.1, -0.05) is 24.3 Å². The second-order valence-corrected chi connectivity index (χ2v) is 4.68. The average molecular weight is 264 g/mol. The first-order valence-electron chi connectivity index (χ1n) is 6.59. The summed E-state index contributed by atoms with van der Waals surface area (Å²) in [5.74, 6) is -1.43. The maximum atomic E-state index is 14.0. The fraction of sp³-hybridized carbons (Fsp3) is 0.375.